The van der Waals surface area contributed by atoms with Gasteiger partial charge in [0.1, 0.15) is 28.6 Å². The van der Waals surface area contributed by atoms with Crippen molar-refractivity contribution in [3.8, 4) is 45.6 Å². The average Bonchev–Trinajstić information content (AvgIpc) is 3.66. The smallest absolute Gasteiger partial charge is 0.255 e. The number of aliphatic hydroxyl groups excluding tert-OH is 1. The van der Waals surface area contributed by atoms with Crippen LogP contribution in [-0.2, 0) is 10.0 Å². The van der Waals surface area contributed by atoms with Crippen molar-refractivity contribution in [1.82, 2.24) is 19.9 Å². The summed E-state index contributed by atoms with van der Waals surface area (Å²) in [4.78, 5) is 22.5. The number of hydrogen-bond donors (Lipinski definition) is 2. The molecule has 0 saturated carbocycles. The fourth-order valence-electron chi connectivity index (χ4n) is 5.87. The Morgan fingerprint density at radius 2 is 1.96 bits per heavy atom. The van der Waals surface area contributed by atoms with Gasteiger partial charge >= 0.3 is 0 Å². The molecule has 4 aromatic heterocycles. The van der Waals surface area contributed by atoms with Crippen molar-refractivity contribution in [3.63, 3.8) is 0 Å². The summed E-state index contributed by atoms with van der Waals surface area (Å²) in [5.41, 5.74) is 3.31. The Hall–Kier alpha value is -5.47. The van der Waals surface area contributed by atoms with Crippen LogP contribution >= 0.6 is 0 Å². The number of furan rings is 1. The summed E-state index contributed by atoms with van der Waals surface area (Å²) >= 11 is 0. The van der Waals surface area contributed by atoms with Gasteiger partial charge in [-0.15, -0.1) is 0 Å². The molecule has 1 aliphatic heterocycles. The van der Waals surface area contributed by atoms with Gasteiger partial charge in [0.25, 0.3) is 5.91 Å². The summed E-state index contributed by atoms with van der Waals surface area (Å²) in [7, 11) is 0.619. The monoisotopic (exact) mass is 657 g/mol. The number of methoxy groups -OCH3 is 1. The predicted octanol–water partition coefficient (Wildman–Crippen LogP) is 4.96. The second-order valence-electron chi connectivity index (χ2n) is 10.9. The van der Waals surface area contributed by atoms with Gasteiger partial charge in [0.05, 0.1) is 48.1 Å². The lowest BCUT2D eigenvalue weighted by Crippen LogP contribution is -2.26. The first-order valence-electron chi connectivity index (χ1n) is 14.4. The van der Waals surface area contributed by atoms with E-state index in [9.17, 15) is 22.7 Å². The number of aliphatic hydroxyl groups is 1. The standard InChI is InChI=1S/C33H28FN5O7S/c1-35-33(41)30-20-12-19(24(38(2)47(4,42)43)14-27(20)46-32(30)17-8-11-28(44-3)36-15-17)22-9-10-26-31(37-22)25-13-18-21(34)6-5-7-23(18)39(25)29(16-40)45-26/h5-15,29,40H,16H2,1-4H3,(H,35,41)/t29-/m0/s1. The molecule has 0 fully saturated rings. The molecule has 14 heteroatoms. The number of anilines is 1. The maximum absolute atomic E-state index is 14.9. The molecule has 7 rings (SSSR count). The summed E-state index contributed by atoms with van der Waals surface area (Å²) in [6.45, 7) is -0.372. The van der Waals surface area contributed by atoms with Gasteiger partial charge in [-0.3, -0.25) is 9.10 Å². The van der Waals surface area contributed by atoms with Gasteiger partial charge in [-0.25, -0.2) is 22.8 Å². The van der Waals surface area contributed by atoms with Gasteiger partial charge in [-0.05, 0) is 42.5 Å². The Bertz CT molecular complexity index is 2330. The van der Waals surface area contributed by atoms with Crippen molar-refractivity contribution in [2.24, 2.45) is 0 Å². The average molecular weight is 658 g/mol. The number of ether oxygens (including phenoxy) is 2. The first-order chi connectivity index (χ1) is 22.5. The number of sulfonamides is 1. The molecule has 0 unspecified atom stereocenters. The van der Waals surface area contributed by atoms with Crippen molar-refractivity contribution in [2.45, 2.75) is 6.23 Å². The van der Waals surface area contributed by atoms with E-state index in [4.69, 9.17) is 18.9 Å². The first kappa shape index (κ1) is 30.2. The van der Waals surface area contributed by atoms with Gasteiger partial charge in [0.2, 0.25) is 15.9 Å². The quantitative estimate of drug-likeness (QED) is 0.243. The van der Waals surface area contributed by atoms with E-state index in [1.165, 1.54) is 33.5 Å². The molecule has 2 aromatic carbocycles. The van der Waals surface area contributed by atoms with E-state index in [1.54, 1.807) is 59.2 Å². The largest absolute Gasteiger partial charge is 0.481 e. The Morgan fingerprint density at radius 3 is 2.64 bits per heavy atom. The van der Waals surface area contributed by atoms with Crippen LogP contribution in [0.3, 0.4) is 0 Å². The number of halogens is 1. The van der Waals surface area contributed by atoms with Gasteiger partial charge < -0.3 is 28.9 Å². The molecule has 1 aliphatic rings. The number of benzene rings is 2. The minimum Gasteiger partial charge on any atom is -0.481 e. The number of aromatic nitrogens is 3. The zero-order chi connectivity index (χ0) is 33.2. The number of amides is 1. The molecular formula is C33H28FN5O7S. The van der Waals surface area contributed by atoms with Crippen LogP contribution < -0.4 is 19.1 Å². The Labute approximate surface area is 268 Å². The van der Waals surface area contributed by atoms with Crippen molar-refractivity contribution in [2.75, 3.05) is 38.4 Å². The zero-order valence-electron chi connectivity index (χ0n) is 25.6. The number of hydrogen-bond acceptors (Lipinski definition) is 9. The van der Waals surface area contributed by atoms with Crippen LogP contribution in [0.15, 0.2) is 71.3 Å². The molecule has 0 bridgehead atoms. The highest BCUT2D eigenvalue weighted by atomic mass is 32.2. The summed E-state index contributed by atoms with van der Waals surface area (Å²) < 4.78 is 60.8. The van der Waals surface area contributed by atoms with E-state index < -0.39 is 28.0 Å². The van der Waals surface area contributed by atoms with Gasteiger partial charge in [-0.1, -0.05) is 6.07 Å². The fourth-order valence-corrected chi connectivity index (χ4v) is 6.37. The van der Waals surface area contributed by atoms with Gasteiger partial charge in [0, 0.05) is 54.3 Å². The number of carbonyl (C=O) groups is 1. The number of nitrogens with one attached hydrogen (secondary N) is 1. The number of carbonyl (C=O) groups excluding carboxylic acids is 1. The Balaban J connectivity index is 1.49. The van der Waals surface area contributed by atoms with Crippen LogP contribution in [0.25, 0.3) is 55.8 Å². The van der Waals surface area contributed by atoms with Gasteiger partial charge in [-0.2, -0.15) is 0 Å². The molecule has 0 aliphatic carbocycles. The molecule has 5 heterocycles. The van der Waals surface area contributed by atoms with E-state index in [1.807, 2.05) is 0 Å². The van der Waals surface area contributed by atoms with E-state index in [-0.39, 0.29) is 29.2 Å². The highest BCUT2D eigenvalue weighted by Crippen LogP contribution is 2.45. The maximum atomic E-state index is 14.9. The third-order valence-electron chi connectivity index (χ3n) is 8.22. The second kappa shape index (κ2) is 11.1. The molecule has 1 atom stereocenters. The maximum Gasteiger partial charge on any atom is 0.255 e. The normalized spacial score (nSPS) is 14.0. The van der Waals surface area contributed by atoms with Crippen LogP contribution in [0.4, 0.5) is 10.1 Å². The van der Waals surface area contributed by atoms with Crippen LogP contribution in [0, 0.1) is 5.82 Å². The fraction of sp³-hybridized carbons (Fsp3) is 0.182. The molecule has 2 N–H and O–H groups in total. The molecule has 1 amide bonds. The lowest BCUT2D eigenvalue weighted by atomic mass is 10.0. The molecule has 12 nitrogen and oxygen atoms in total. The topological polar surface area (TPSA) is 149 Å². The third kappa shape index (κ3) is 4.84. The number of rotatable bonds is 7. The molecule has 0 spiro atoms. The van der Waals surface area contributed by atoms with Crippen molar-refractivity contribution in [1.29, 1.82) is 0 Å². The minimum absolute atomic E-state index is 0.215. The van der Waals surface area contributed by atoms with Crippen molar-refractivity contribution in [3.05, 3.63) is 78.2 Å². The SMILES string of the molecule is CNC(=O)c1c(-c2ccc(OC)nc2)oc2cc(N(C)S(C)(=O)=O)c(-c3ccc4c(n3)-c3cc5c(F)cccc5n3[C@H](CO)O4)cc12. The summed E-state index contributed by atoms with van der Waals surface area (Å²) in [5.74, 6) is 0.0866. The molecule has 47 heavy (non-hydrogen) atoms. The summed E-state index contributed by atoms with van der Waals surface area (Å²) in [6, 6.07) is 16.2. The molecule has 240 valence electrons. The molecule has 0 saturated heterocycles. The Kier molecular flexibility index (Phi) is 7.13. The lowest BCUT2D eigenvalue weighted by Gasteiger charge is -2.28. The number of pyridine rings is 2. The predicted molar refractivity (Wildman–Crippen MR) is 174 cm³/mol. The van der Waals surface area contributed by atoms with Crippen LogP contribution in [0.2, 0.25) is 0 Å². The van der Waals surface area contributed by atoms with Crippen LogP contribution in [-0.4, -0.2) is 68.0 Å². The van der Waals surface area contributed by atoms with Crippen LogP contribution in [0.5, 0.6) is 11.6 Å². The zero-order valence-corrected chi connectivity index (χ0v) is 26.4. The summed E-state index contributed by atoms with van der Waals surface area (Å²) in [5, 5.41) is 13.5. The third-order valence-corrected chi connectivity index (χ3v) is 9.41. The van der Waals surface area contributed by atoms with E-state index in [2.05, 4.69) is 10.3 Å². The van der Waals surface area contributed by atoms with E-state index in [0.717, 1.165) is 10.6 Å². The first-order valence-corrected chi connectivity index (χ1v) is 16.2. The minimum atomic E-state index is -3.78. The molecular weight excluding hydrogens is 629 g/mol. The second-order valence-corrected chi connectivity index (χ2v) is 13.0. The van der Waals surface area contributed by atoms with Gasteiger partial charge in [0.15, 0.2) is 6.23 Å². The highest BCUT2D eigenvalue weighted by molar-refractivity contribution is 7.92. The number of nitrogens with zero attached hydrogens (tertiary/aromatic N) is 4. The summed E-state index contributed by atoms with van der Waals surface area (Å²) in [6.07, 6.45) is 1.77. The van der Waals surface area contributed by atoms with Crippen LogP contribution in [0.1, 0.15) is 16.6 Å². The van der Waals surface area contributed by atoms with Crippen molar-refractivity contribution >= 4 is 43.5 Å². The number of fused-ring (bicyclic) bond motifs is 6. The van der Waals surface area contributed by atoms with E-state index >= 15 is 0 Å². The van der Waals surface area contributed by atoms with Crippen molar-refractivity contribution < 1.29 is 36.6 Å². The molecule has 0 radical (unpaired) electrons. The van der Waals surface area contributed by atoms with E-state index in [0.29, 0.717) is 56.1 Å². The highest BCUT2D eigenvalue weighted by Gasteiger charge is 2.31. The Morgan fingerprint density at radius 1 is 1.15 bits per heavy atom. The lowest BCUT2D eigenvalue weighted by molar-refractivity contribution is 0.0609. The molecule has 6 aromatic rings.